The summed E-state index contributed by atoms with van der Waals surface area (Å²) >= 11 is 0. The van der Waals surface area contributed by atoms with Crippen LogP contribution < -0.4 is 14.8 Å². The van der Waals surface area contributed by atoms with Gasteiger partial charge in [-0.25, -0.2) is 4.98 Å². The van der Waals surface area contributed by atoms with Gasteiger partial charge in [0, 0.05) is 23.5 Å². The number of aromatic amines is 1. The van der Waals surface area contributed by atoms with E-state index < -0.39 is 0 Å². The van der Waals surface area contributed by atoms with Gasteiger partial charge in [0.1, 0.15) is 17.3 Å². The molecule has 0 aliphatic heterocycles. The van der Waals surface area contributed by atoms with Crippen LogP contribution >= 0.6 is 0 Å². The average Bonchev–Trinajstić information content (AvgIpc) is 3.16. The fraction of sp³-hybridized carbons (Fsp3) is 0.222. The molecule has 0 radical (unpaired) electrons. The predicted molar refractivity (Wildman–Crippen MR) is 94.7 cm³/mol. The molecule has 0 fully saturated rings. The molecule has 0 unspecified atom stereocenters. The first-order valence-corrected chi connectivity index (χ1v) is 7.99. The molecule has 134 valence electrons. The van der Waals surface area contributed by atoms with E-state index in [0.29, 0.717) is 23.1 Å². The molecule has 0 saturated carbocycles. The number of benzene rings is 1. The molecule has 26 heavy (non-hydrogen) atoms. The molecule has 0 spiro atoms. The molecule has 0 saturated heterocycles. The van der Waals surface area contributed by atoms with Crippen molar-refractivity contribution in [1.82, 2.24) is 25.5 Å². The third-order valence-electron chi connectivity index (χ3n) is 3.76. The summed E-state index contributed by atoms with van der Waals surface area (Å²) in [7, 11) is 3.15. The number of H-pyrrole nitrogens is 1. The van der Waals surface area contributed by atoms with Crippen LogP contribution in [0.3, 0.4) is 0 Å². The van der Waals surface area contributed by atoms with E-state index in [1.165, 1.54) is 0 Å². The summed E-state index contributed by atoms with van der Waals surface area (Å²) in [5.41, 5.74) is 1.61. The van der Waals surface area contributed by atoms with Crippen LogP contribution in [-0.4, -0.2) is 40.3 Å². The quantitative estimate of drug-likeness (QED) is 0.671. The van der Waals surface area contributed by atoms with Gasteiger partial charge in [-0.1, -0.05) is 0 Å². The number of pyridine rings is 1. The van der Waals surface area contributed by atoms with Crippen LogP contribution in [0.1, 0.15) is 11.4 Å². The van der Waals surface area contributed by atoms with Crippen molar-refractivity contribution in [1.29, 1.82) is 0 Å². The van der Waals surface area contributed by atoms with Gasteiger partial charge >= 0.3 is 0 Å². The molecule has 0 atom stereocenters. The highest BCUT2D eigenvalue weighted by molar-refractivity contribution is 5.79. The highest BCUT2D eigenvalue weighted by Gasteiger charge is 2.11. The van der Waals surface area contributed by atoms with E-state index in [9.17, 15) is 4.79 Å². The number of methoxy groups -OCH3 is 2. The number of carbonyl (C=O) groups is 1. The summed E-state index contributed by atoms with van der Waals surface area (Å²) in [5, 5.41) is 9.79. The third kappa shape index (κ3) is 4.15. The first kappa shape index (κ1) is 17.4. The Morgan fingerprint density at radius 3 is 2.69 bits per heavy atom. The Labute approximate surface area is 150 Å². The van der Waals surface area contributed by atoms with Gasteiger partial charge in [0.15, 0.2) is 5.82 Å². The predicted octanol–water partition coefficient (Wildman–Crippen LogP) is 1.74. The minimum absolute atomic E-state index is 0.154. The monoisotopic (exact) mass is 353 g/mol. The van der Waals surface area contributed by atoms with Gasteiger partial charge < -0.3 is 14.8 Å². The Kier molecular flexibility index (Phi) is 5.43. The topological polar surface area (TPSA) is 102 Å². The van der Waals surface area contributed by atoms with E-state index in [0.717, 1.165) is 11.1 Å². The molecule has 8 nitrogen and oxygen atoms in total. The van der Waals surface area contributed by atoms with Gasteiger partial charge in [0.2, 0.25) is 5.91 Å². The summed E-state index contributed by atoms with van der Waals surface area (Å²) in [4.78, 5) is 20.6. The lowest BCUT2D eigenvalue weighted by atomic mass is 10.1. The fourth-order valence-electron chi connectivity index (χ4n) is 2.44. The summed E-state index contributed by atoms with van der Waals surface area (Å²) in [6.45, 7) is 0.253. The van der Waals surface area contributed by atoms with Crippen molar-refractivity contribution in [2.75, 3.05) is 14.2 Å². The van der Waals surface area contributed by atoms with E-state index in [1.807, 2.05) is 12.1 Å². The molecule has 1 aromatic carbocycles. The Hall–Kier alpha value is -3.42. The van der Waals surface area contributed by atoms with Gasteiger partial charge in [-0.15, -0.1) is 0 Å². The fourth-order valence-corrected chi connectivity index (χ4v) is 2.44. The van der Waals surface area contributed by atoms with E-state index in [4.69, 9.17) is 9.47 Å². The SMILES string of the molecule is COc1ccc(OC)c(CC(=O)NCc2nc(-c3ccncc3)n[nH]2)c1. The van der Waals surface area contributed by atoms with Crippen molar-refractivity contribution in [2.45, 2.75) is 13.0 Å². The van der Waals surface area contributed by atoms with Gasteiger partial charge in [-0.3, -0.25) is 14.9 Å². The zero-order chi connectivity index (χ0) is 18.4. The van der Waals surface area contributed by atoms with Gasteiger partial charge in [0.05, 0.1) is 27.2 Å². The molecular formula is C18H19N5O3. The van der Waals surface area contributed by atoms with Crippen molar-refractivity contribution >= 4 is 5.91 Å². The molecule has 2 aromatic heterocycles. The lowest BCUT2D eigenvalue weighted by molar-refractivity contribution is -0.120. The standard InChI is InChI=1S/C18H19N5O3/c1-25-14-3-4-15(26-2)13(9-14)10-17(24)20-11-16-21-18(23-22-16)12-5-7-19-8-6-12/h3-9H,10-11H2,1-2H3,(H,20,24)(H,21,22,23). The molecule has 0 aliphatic rings. The van der Waals surface area contributed by atoms with Crippen molar-refractivity contribution in [3.8, 4) is 22.9 Å². The highest BCUT2D eigenvalue weighted by atomic mass is 16.5. The summed E-state index contributed by atoms with van der Waals surface area (Å²) in [5.74, 6) is 2.29. The largest absolute Gasteiger partial charge is 0.497 e. The Balaban J connectivity index is 1.61. The number of aromatic nitrogens is 4. The number of rotatable bonds is 7. The third-order valence-corrected chi connectivity index (χ3v) is 3.76. The van der Waals surface area contributed by atoms with Crippen LogP contribution in [0.15, 0.2) is 42.7 Å². The zero-order valence-electron chi connectivity index (χ0n) is 14.5. The van der Waals surface area contributed by atoms with Gasteiger partial charge in [-0.05, 0) is 30.3 Å². The van der Waals surface area contributed by atoms with E-state index >= 15 is 0 Å². The molecule has 1 amide bonds. The average molecular weight is 353 g/mol. The van der Waals surface area contributed by atoms with E-state index in [-0.39, 0.29) is 18.9 Å². The zero-order valence-corrected chi connectivity index (χ0v) is 14.5. The Bertz CT molecular complexity index is 880. The highest BCUT2D eigenvalue weighted by Crippen LogP contribution is 2.24. The van der Waals surface area contributed by atoms with Crippen LogP contribution in [0, 0.1) is 0 Å². The molecule has 3 aromatic rings. The van der Waals surface area contributed by atoms with E-state index in [1.54, 1.807) is 44.8 Å². The van der Waals surface area contributed by atoms with Crippen LogP contribution in [0.25, 0.3) is 11.4 Å². The van der Waals surface area contributed by atoms with E-state index in [2.05, 4.69) is 25.5 Å². The lowest BCUT2D eigenvalue weighted by Gasteiger charge is -2.10. The number of ether oxygens (including phenoxy) is 2. The minimum atomic E-state index is -0.154. The Morgan fingerprint density at radius 1 is 1.15 bits per heavy atom. The maximum absolute atomic E-state index is 12.3. The van der Waals surface area contributed by atoms with Crippen molar-refractivity contribution < 1.29 is 14.3 Å². The first-order chi connectivity index (χ1) is 12.7. The molecule has 2 N–H and O–H groups in total. The number of nitrogens with one attached hydrogen (secondary N) is 2. The second-order valence-electron chi connectivity index (χ2n) is 5.47. The molecule has 3 rings (SSSR count). The molecule has 0 bridgehead atoms. The van der Waals surface area contributed by atoms with Crippen molar-refractivity contribution in [3.05, 3.63) is 54.1 Å². The van der Waals surface area contributed by atoms with Gasteiger partial charge in [-0.2, -0.15) is 5.10 Å². The summed E-state index contributed by atoms with van der Waals surface area (Å²) < 4.78 is 10.5. The van der Waals surface area contributed by atoms with Gasteiger partial charge in [0.25, 0.3) is 0 Å². The number of amides is 1. The maximum Gasteiger partial charge on any atom is 0.224 e. The first-order valence-electron chi connectivity index (χ1n) is 7.99. The number of carbonyl (C=O) groups excluding carboxylic acids is 1. The number of hydrogen-bond donors (Lipinski definition) is 2. The van der Waals surface area contributed by atoms with Crippen LogP contribution in [0.4, 0.5) is 0 Å². The smallest absolute Gasteiger partial charge is 0.224 e. The minimum Gasteiger partial charge on any atom is -0.497 e. The molecular weight excluding hydrogens is 334 g/mol. The second-order valence-corrected chi connectivity index (χ2v) is 5.47. The maximum atomic E-state index is 12.3. The molecule has 0 aliphatic carbocycles. The van der Waals surface area contributed by atoms with Crippen LogP contribution in [-0.2, 0) is 17.8 Å². The second kappa shape index (κ2) is 8.11. The number of hydrogen-bond acceptors (Lipinski definition) is 6. The normalized spacial score (nSPS) is 10.4. The Morgan fingerprint density at radius 2 is 1.96 bits per heavy atom. The number of nitrogens with zero attached hydrogens (tertiary/aromatic N) is 3. The molecule has 8 heteroatoms. The van der Waals surface area contributed by atoms with Crippen LogP contribution in [0.5, 0.6) is 11.5 Å². The summed E-state index contributed by atoms with van der Waals surface area (Å²) in [6.07, 6.45) is 3.52. The lowest BCUT2D eigenvalue weighted by Crippen LogP contribution is -2.25. The van der Waals surface area contributed by atoms with Crippen molar-refractivity contribution in [3.63, 3.8) is 0 Å². The van der Waals surface area contributed by atoms with Crippen molar-refractivity contribution in [2.24, 2.45) is 0 Å². The summed E-state index contributed by atoms with van der Waals surface area (Å²) in [6, 6.07) is 8.99. The van der Waals surface area contributed by atoms with Crippen LogP contribution in [0.2, 0.25) is 0 Å². The molecule has 2 heterocycles.